The molecule has 1 aliphatic rings. The number of halogens is 1. The third kappa shape index (κ3) is 5.70. The Kier molecular flexibility index (Phi) is 5.69. The number of rotatable bonds is 5. The smallest absolute Gasteiger partial charge is 0.222 e. The number of nitrogens with zero attached hydrogens (tertiary/aromatic N) is 1. The van der Waals surface area contributed by atoms with Crippen LogP contribution in [0.5, 0.6) is 0 Å². The summed E-state index contributed by atoms with van der Waals surface area (Å²) in [6.07, 6.45) is 3.86. The summed E-state index contributed by atoms with van der Waals surface area (Å²) in [5, 5.41) is 0. The lowest BCUT2D eigenvalue weighted by Gasteiger charge is -2.32. The van der Waals surface area contributed by atoms with Crippen molar-refractivity contribution < 1.29 is 13.2 Å². The molecular weight excluding hydrogens is 264 g/mol. The highest BCUT2D eigenvalue weighted by Gasteiger charge is 2.24. The molecule has 0 aromatic heterocycles. The predicted octanol–water partition coefficient (Wildman–Crippen LogP) is 0.546. The van der Waals surface area contributed by atoms with E-state index in [9.17, 15) is 13.2 Å². The maximum Gasteiger partial charge on any atom is 0.222 e. The van der Waals surface area contributed by atoms with Crippen molar-refractivity contribution in [3.63, 3.8) is 0 Å². The average molecular weight is 283 g/mol. The summed E-state index contributed by atoms with van der Waals surface area (Å²) in [5.74, 6) is 0.538. The van der Waals surface area contributed by atoms with Gasteiger partial charge in [-0.05, 0) is 19.3 Å². The molecule has 1 heterocycles. The topological polar surface area (TPSA) is 66.5 Å². The summed E-state index contributed by atoms with van der Waals surface area (Å²) in [6, 6.07) is -0.154. The number of sulfonamides is 1. The highest BCUT2D eigenvalue weighted by molar-refractivity contribution is 7.88. The Morgan fingerprint density at radius 1 is 1.53 bits per heavy atom. The van der Waals surface area contributed by atoms with E-state index >= 15 is 0 Å². The molecule has 0 aliphatic carbocycles. The predicted molar refractivity (Wildman–Crippen MR) is 67.5 cm³/mol. The molecule has 1 aliphatic heterocycles. The molecule has 1 rings (SSSR count). The van der Waals surface area contributed by atoms with Gasteiger partial charge in [-0.1, -0.05) is 0 Å². The number of hydrogen-bond donors (Lipinski definition) is 1. The van der Waals surface area contributed by atoms with E-state index in [4.69, 9.17) is 11.6 Å². The van der Waals surface area contributed by atoms with Crippen molar-refractivity contribution in [3.8, 4) is 0 Å². The second kappa shape index (κ2) is 6.56. The molecule has 1 N–H and O–H groups in total. The molecule has 7 heteroatoms. The van der Waals surface area contributed by atoms with Gasteiger partial charge < -0.3 is 4.90 Å². The van der Waals surface area contributed by atoms with Crippen molar-refractivity contribution in [1.29, 1.82) is 0 Å². The van der Waals surface area contributed by atoms with Crippen LogP contribution in [0.4, 0.5) is 0 Å². The molecule has 1 fully saturated rings. The lowest BCUT2D eigenvalue weighted by Crippen LogP contribution is -2.49. The van der Waals surface area contributed by atoms with E-state index < -0.39 is 10.0 Å². The van der Waals surface area contributed by atoms with Crippen LogP contribution in [0.25, 0.3) is 0 Å². The minimum absolute atomic E-state index is 0.0608. The van der Waals surface area contributed by atoms with E-state index in [1.165, 1.54) is 0 Å². The van der Waals surface area contributed by atoms with Gasteiger partial charge in [-0.15, -0.1) is 11.6 Å². The van der Waals surface area contributed by atoms with Crippen LogP contribution in [0.2, 0.25) is 0 Å². The van der Waals surface area contributed by atoms with Crippen molar-refractivity contribution in [3.05, 3.63) is 0 Å². The second-order valence-electron chi connectivity index (χ2n) is 4.36. The number of likely N-dealkylation sites (tertiary alicyclic amines) is 1. The van der Waals surface area contributed by atoms with E-state index in [0.717, 1.165) is 19.1 Å². The minimum Gasteiger partial charge on any atom is -0.341 e. The molecule has 100 valence electrons. The fraction of sp³-hybridized carbons (Fsp3) is 0.900. The molecule has 0 bridgehead atoms. The largest absolute Gasteiger partial charge is 0.341 e. The van der Waals surface area contributed by atoms with Gasteiger partial charge in [0.25, 0.3) is 0 Å². The molecule has 1 unspecified atom stereocenters. The first kappa shape index (κ1) is 14.7. The summed E-state index contributed by atoms with van der Waals surface area (Å²) in [5.41, 5.74) is 0. The summed E-state index contributed by atoms with van der Waals surface area (Å²) < 4.78 is 24.8. The second-order valence-corrected chi connectivity index (χ2v) is 6.52. The first-order chi connectivity index (χ1) is 7.92. The fourth-order valence-electron chi connectivity index (χ4n) is 1.98. The Balaban J connectivity index is 2.46. The Hall–Kier alpha value is -0.330. The van der Waals surface area contributed by atoms with Gasteiger partial charge in [-0.2, -0.15) is 0 Å². The van der Waals surface area contributed by atoms with Crippen LogP contribution in [0, 0.1) is 0 Å². The first-order valence-corrected chi connectivity index (χ1v) is 8.16. The van der Waals surface area contributed by atoms with Crippen LogP contribution in [-0.2, 0) is 14.8 Å². The van der Waals surface area contributed by atoms with Crippen LogP contribution in [0.15, 0.2) is 0 Å². The molecule has 1 saturated heterocycles. The number of piperidine rings is 1. The number of carbonyl (C=O) groups is 1. The summed E-state index contributed by atoms with van der Waals surface area (Å²) in [7, 11) is -3.20. The maximum absolute atomic E-state index is 11.8. The zero-order chi connectivity index (χ0) is 12.9. The molecule has 17 heavy (non-hydrogen) atoms. The molecule has 1 atom stereocenters. The number of amides is 1. The Labute approximate surface area is 108 Å². The van der Waals surface area contributed by atoms with Crippen LogP contribution in [-0.4, -0.2) is 50.5 Å². The van der Waals surface area contributed by atoms with Gasteiger partial charge in [0.2, 0.25) is 15.9 Å². The fourth-order valence-corrected chi connectivity index (χ4v) is 2.91. The number of carbonyl (C=O) groups excluding carboxylic acids is 1. The van der Waals surface area contributed by atoms with Gasteiger partial charge in [-0.3, -0.25) is 4.79 Å². The maximum atomic E-state index is 11.8. The average Bonchev–Trinajstić information content (AvgIpc) is 2.24. The Morgan fingerprint density at radius 2 is 2.24 bits per heavy atom. The van der Waals surface area contributed by atoms with Crippen molar-refractivity contribution >= 4 is 27.5 Å². The molecule has 1 amide bonds. The van der Waals surface area contributed by atoms with Crippen LogP contribution in [0.1, 0.15) is 25.7 Å². The minimum atomic E-state index is -3.20. The van der Waals surface area contributed by atoms with Gasteiger partial charge in [0.05, 0.1) is 6.26 Å². The van der Waals surface area contributed by atoms with Crippen molar-refractivity contribution in [2.75, 3.05) is 25.2 Å². The summed E-state index contributed by atoms with van der Waals surface area (Å²) in [4.78, 5) is 13.5. The first-order valence-electron chi connectivity index (χ1n) is 5.73. The molecule has 0 aromatic rings. The van der Waals surface area contributed by atoms with E-state index in [-0.39, 0.29) is 11.9 Å². The quantitative estimate of drug-likeness (QED) is 0.749. The highest BCUT2D eigenvalue weighted by Crippen LogP contribution is 2.12. The van der Waals surface area contributed by atoms with Crippen LogP contribution < -0.4 is 4.72 Å². The standard InChI is InChI=1S/C10H19ClN2O3S/c1-17(15,16)12-9-4-3-7-13(8-9)10(14)5-2-6-11/h9,12H,2-8H2,1H3. The molecule has 0 radical (unpaired) electrons. The lowest BCUT2D eigenvalue weighted by atomic mass is 10.1. The van der Waals surface area contributed by atoms with Crippen LogP contribution >= 0.6 is 11.6 Å². The lowest BCUT2D eigenvalue weighted by molar-refractivity contribution is -0.132. The van der Waals surface area contributed by atoms with Gasteiger partial charge >= 0.3 is 0 Å². The Morgan fingerprint density at radius 3 is 2.82 bits per heavy atom. The molecular formula is C10H19ClN2O3S. The van der Waals surface area contributed by atoms with Crippen molar-refractivity contribution in [2.24, 2.45) is 0 Å². The summed E-state index contributed by atoms with van der Waals surface area (Å²) in [6.45, 7) is 1.18. The van der Waals surface area contributed by atoms with Crippen molar-refractivity contribution in [2.45, 2.75) is 31.7 Å². The van der Waals surface area contributed by atoms with E-state index in [1.54, 1.807) is 4.90 Å². The molecule has 0 saturated carbocycles. The van der Waals surface area contributed by atoms with E-state index in [2.05, 4.69) is 4.72 Å². The SMILES string of the molecule is CS(=O)(=O)NC1CCCN(C(=O)CCCCl)C1. The van der Waals surface area contributed by atoms with Crippen LogP contribution in [0.3, 0.4) is 0 Å². The Bertz CT molecular complexity index is 359. The normalized spacial score (nSPS) is 21.5. The summed E-state index contributed by atoms with van der Waals surface area (Å²) >= 11 is 5.54. The van der Waals surface area contributed by atoms with E-state index in [0.29, 0.717) is 31.8 Å². The van der Waals surface area contributed by atoms with Gasteiger partial charge in [-0.25, -0.2) is 13.1 Å². The monoisotopic (exact) mass is 282 g/mol. The third-order valence-corrected chi connectivity index (χ3v) is 3.71. The number of alkyl halides is 1. The van der Waals surface area contributed by atoms with E-state index in [1.807, 2.05) is 0 Å². The zero-order valence-corrected chi connectivity index (χ0v) is 11.6. The highest BCUT2D eigenvalue weighted by atomic mass is 35.5. The number of hydrogen-bond acceptors (Lipinski definition) is 3. The third-order valence-electron chi connectivity index (χ3n) is 2.68. The van der Waals surface area contributed by atoms with Gasteiger partial charge in [0.15, 0.2) is 0 Å². The number of nitrogens with one attached hydrogen (secondary N) is 1. The van der Waals surface area contributed by atoms with Crippen molar-refractivity contribution in [1.82, 2.24) is 9.62 Å². The molecule has 5 nitrogen and oxygen atoms in total. The zero-order valence-electron chi connectivity index (χ0n) is 9.99. The van der Waals surface area contributed by atoms with Gasteiger partial charge in [0.1, 0.15) is 0 Å². The van der Waals surface area contributed by atoms with Gasteiger partial charge in [0, 0.05) is 31.4 Å². The molecule has 0 spiro atoms. The molecule has 0 aromatic carbocycles.